The number of likely N-dealkylation sites (tertiary alicyclic amines) is 1. The Bertz CT molecular complexity index is 766. The fraction of sp³-hybridized carbons (Fsp3) is 0.471. The van der Waals surface area contributed by atoms with Crippen molar-refractivity contribution in [1.29, 1.82) is 0 Å². The van der Waals surface area contributed by atoms with E-state index in [4.69, 9.17) is 4.98 Å². The molecule has 1 aliphatic heterocycles. The Labute approximate surface area is 148 Å². The van der Waals surface area contributed by atoms with Crippen LogP contribution >= 0.6 is 11.3 Å². The predicted octanol–water partition coefficient (Wildman–Crippen LogP) is 2.67. The van der Waals surface area contributed by atoms with Crippen molar-refractivity contribution in [2.24, 2.45) is 0 Å². The van der Waals surface area contributed by atoms with Gasteiger partial charge in [-0.3, -0.25) is 4.90 Å². The van der Waals surface area contributed by atoms with Gasteiger partial charge in [-0.1, -0.05) is 30.3 Å². The van der Waals surface area contributed by atoms with Crippen LogP contribution in [0.25, 0.3) is 10.6 Å². The Morgan fingerprint density at radius 3 is 2.54 bits per heavy atom. The summed E-state index contributed by atoms with van der Waals surface area (Å²) in [6.07, 6.45) is 3.03. The average Bonchev–Trinajstić information content (AvgIpc) is 3.03. The molecule has 3 rings (SSSR count). The van der Waals surface area contributed by atoms with E-state index >= 15 is 0 Å². The molecule has 0 aliphatic carbocycles. The Hall–Kier alpha value is -1.28. The van der Waals surface area contributed by atoms with Crippen molar-refractivity contribution in [2.45, 2.75) is 25.4 Å². The van der Waals surface area contributed by atoms with Crippen molar-refractivity contribution >= 4 is 21.4 Å². The summed E-state index contributed by atoms with van der Waals surface area (Å²) in [5.41, 5.74) is 2.25. The van der Waals surface area contributed by atoms with Gasteiger partial charge in [0.15, 0.2) is 0 Å². The number of benzene rings is 1. The molecule has 7 heteroatoms. The molecule has 5 nitrogen and oxygen atoms in total. The Kier molecular flexibility index (Phi) is 5.34. The van der Waals surface area contributed by atoms with Gasteiger partial charge in [-0.25, -0.2) is 17.7 Å². The summed E-state index contributed by atoms with van der Waals surface area (Å²) in [5.74, 6) is 0. The summed E-state index contributed by atoms with van der Waals surface area (Å²) in [4.78, 5) is 7.10. The summed E-state index contributed by atoms with van der Waals surface area (Å²) < 4.78 is 24.8. The lowest BCUT2D eigenvalue weighted by molar-refractivity contribution is 0.163. The molecule has 1 saturated heterocycles. The summed E-state index contributed by atoms with van der Waals surface area (Å²) in [5, 5.41) is 3.18. The molecule has 0 N–H and O–H groups in total. The van der Waals surface area contributed by atoms with Gasteiger partial charge < -0.3 is 0 Å². The van der Waals surface area contributed by atoms with E-state index in [1.165, 1.54) is 10.6 Å². The number of hydrogen-bond donors (Lipinski definition) is 0. The van der Waals surface area contributed by atoms with Crippen molar-refractivity contribution in [1.82, 2.24) is 14.2 Å². The topological polar surface area (TPSA) is 53.5 Å². The first-order chi connectivity index (χ1) is 11.4. The highest BCUT2D eigenvalue weighted by molar-refractivity contribution is 7.88. The molecule has 130 valence electrons. The maximum atomic E-state index is 11.6. The number of thiazole rings is 1. The summed E-state index contributed by atoms with van der Waals surface area (Å²) in [7, 11) is -1.42. The zero-order chi connectivity index (χ0) is 17.2. The maximum Gasteiger partial charge on any atom is 0.211 e. The fourth-order valence-corrected chi connectivity index (χ4v) is 4.60. The van der Waals surface area contributed by atoms with Gasteiger partial charge in [-0.2, -0.15) is 0 Å². The van der Waals surface area contributed by atoms with E-state index in [1.807, 2.05) is 18.2 Å². The predicted molar refractivity (Wildman–Crippen MR) is 98.5 cm³/mol. The van der Waals surface area contributed by atoms with Crippen LogP contribution in [0.2, 0.25) is 0 Å². The van der Waals surface area contributed by atoms with Crippen LogP contribution in [0.15, 0.2) is 35.7 Å². The standard InChI is InChI=1S/C17H23N3O2S2/c1-19(24(2,21)22)16-8-10-20(11-9-16)12-15-13-23-17(18-15)14-6-4-3-5-7-14/h3-7,13,16H,8-12H2,1-2H3. The zero-order valence-corrected chi connectivity index (χ0v) is 15.7. The highest BCUT2D eigenvalue weighted by Crippen LogP contribution is 2.25. The van der Waals surface area contributed by atoms with E-state index < -0.39 is 10.0 Å². The first-order valence-electron chi connectivity index (χ1n) is 8.08. The second-order valence-electron chi connectivity index (χ2n) is 6.30. The largest absolute Gasteiger partial charge is 0.297 e. The number of nitrogens with zero attached hydrogens (tertiary/aromatic N) is 3. The molecule has 0 atom stereocenters. The van der Waals surface area contributed by atoms with E-state index in [0.29, 0.717) is 0 Å². The molecule has 0 amide bonds. The summed E-state index contributed by atoms with van der Waals surface area (Å²) in [6, 6.07) is 10.3. The third-order valence-electron chi connectivity index (χ3n) is 4.55. The van der Waals surface area contributed by atoms with Gasteiger partial charge in [-0.05, 0) is 12.8 Å². The summed E-state index contributed by atoms with van der Waals surface area (Å²) >= 11 is 1.67. The normalized spacial score (nSPS) is 17.5. The van der Waals surface area contributed by atoms with Gasteiger partial charge in [0.25, 0.3) is 0 Å². The van der Waals surface area contributed by atoms with E-state index in [1.54, 1.807) is 18.4 Å². The minimum Gasteiger partial charge on any atom is -0.297 e. The molecule has 1 aliphatic rings. The van der Waals surface area contributed by atoms with Gasteiger partial charge in [0.2, 0.25) is 10.0 Å². The third kappa shape index (κ3) is 4.22. The minimum atomic E-state index is -3.10. The Morgan fingerprint density at radius 2 is 1.92 bits per heavy atom. The minimum absolute atomic E-state index is 0.117. The first-order valence-corrected chi connectivity index (χ1v) is 10.8. The molecule has 24 heavy (non-hydrogen) atoms. The SMILES string of the molecule is CN(C1CCN(Cc2csc(-c3ccccc3)n2)CC1)S(C)(=O)=O. The molecule has 1 fully saturated rings. The second-order valence-corrected chi connectivity index (χ2v) is 9.20. The highest BCUT2D eigenvalue weighted by atomic mass is 32.2. The quantitative estimate of drug-likeness (QED) is 0.817. The number of aromatic nitrogens is 1. The van der Waals surface area contributed by atoms with E-state index in [9.17, 15) is 8.42 Å². The van der Waals surface area contributed by atoms with Gasteiger partial charge in [0.1, 0.15) is 5.01 Å². The molecule has 0 bridgehead atoms. The van der Waals surface area contributed by atoms with Crippen molar-refractivity contribution in [2.75, 3.05) is 26.4 Å². The first kappa shape index (κ1) is 17.5. The van der Waals surface area contributed by atoms with Gasteiger partial charge >= 0.3 is 0 Å². The lowest BCUT2D eigenvalue weighted by Crippen LogP contribution is -2.44. The van der Waals surface area contributed by atoms with Crippen LogP contribution in [0.3, 0.4) is 0 Å². The Balaban J connectivity index is 1.56. The van der Waals surface area contributed by atoms with Crippen LogP contribution in [-0.4, -0.2) is 55.0 Å². The lowest BCUT2D eigenvalue weighted by Gasteiger charge is -2.35. The lowest BCUT2D eigenvalue weighted by atomic mass is 10.1. The smallest absolute Gasteiger partial charge is 0.211 e. The van der Waals surface area contributed by atoms with Crippen molar-refractivity contribution < 1.29 is 8.42 Å². The second kappa shape index (κ2) is 7.31. The number of piperidine rings is 1. The van der Waals surface area contributed by atoms with Gasteiger partial charge in [-0.15, -0.1) is 11.3 Å². The van der Waals surface area contributed by atoms with Crippen LogP contribution in [0.4, 0.5) is 0 Å². The molecule has 0 radical (unpaired) electrons. The molecule has 0 spiro atoms. The maximum absolute atomic E-state index is 11.6. The number of sulfonamides is 1. The highest BCUT2D eigenvalue weighted by Gasteiger charge is 2.27. The van der Waals surface area contributed by atoms with Crippen LogP contribution in [-0.2, 0) is 16.6 Å². The van der Waals surface area contributed by atoms with Gasteiger partial charge in [0, 0.05) is 43.7 Å². The molecule has 1 aromatic heterocycles. The van der Waals surface area contributed by atoms with Crippen LogP contribution < -0.4 is 0 Å². The molecule has 2 heterocycles. The molecule has 0 unspecified atom stereocenters. The molecular weight excluding hydrogens is 342 g/mol. The third-order valence-corrected chi connectivity index (χ3v) is 6.84. The zero-order valence-electron chi connectivity index (χ0n) is 14.1. The van der Waals surface area contributed by atoms with Crippen LogP contribution in [0, 0.1) is 0 Å². The average molecular weight is 366 g/mol. The molecule has 1 aromatic carbocycles. The van der Waals surface area contributed by atoms with Crippen molar-refractivity contribution in [3.05, 3.63) is 41.4 Å². The van der Waals surface area contributed by atoms with Crippen LogP contribution in [0.1, 0.15) is 18.5 Å². The molecular formula is C17H23N3O2S2. The van der Waals surface area contributed by atoms with Crippen LogP contribution in [0.5, 0.6) is 0 Å². The van der Waals surface area contributed by atoms with E-state index in [-0.39, 0.29) is 6.04 Å². The number of hydrogen-bond acceptors (Lipinski definition) is 5. The fourth-order valence-electron chi connectivity index (χ4n) is 3.03. The van der Waals surface area contributed by atoms with Gasteiger partial charge in [0.05, 0.1) is 11.9 Å². The summed E-state index contributed by atoms with van der Waals surface area (Å²) in [6.45, 7) is 2.64. The van der Waals surface area contributed by atoms with Crippen molar-refractivity contribution in [3.8, 4) is 10.6 Å². The molecule has 0 saturated carbocycles. The Morgan fingerprint density at radius 1 is 1.25 bits per heavy atom. The van der Waals surface area contributed by atoms with Crippen molar-refractivity contribution in [3.63, 3.8) is 0 Å². The van der Waals surface area contributed by atoms with E-state index in [0.717, 1.165) is 48.7 Å². The molecule has 2 aromatic rings. The number of rotatable bonds is 5. The monoisotopic (exact) mass is 365 g/mol. The van der Waals surface area contributed by atoms with E-state index in [2.05, 4.69) is 22.4 Å².